The topological polar surface area (TPSA) is 48.7 Å². The van der Waals surface area contributed by atoms with Crippen molar-refractivity contribution < 1.29 is 0 Å². The summed E-state index contributed by atoms with van der Waals surface area (Å²) in [6.45, 7) is 2.16. The molecule has 0 aromatic carbocycles. The highest BCUT2D eigenvalue weighted by molar-refractivity contribution is 5.74. The molecule has 0 radical (unpaired) electrons. The first-order valence-electron chi connectivity index (χ1n) is 5.16. The van der Waals surface area contributed by atoms with E-state index in [0.29, 0.717) is 17.4 Å². The van der Waals surface area contributed by atoms with Gasteiger partial charge in [0.1, 0.15) is 6.07 Å². The summed E-state index contributed by atoms with van der Waals surface area (Å²) in [5, 5.41) is 12.2. The molecule has 1 N–H and O–H groups in total. The van der Waals surface area contributed by atoms with E-state index >= 15 is 0 Å². The summed E-state index contributed by atoms with van der Waals surface area (Å²) >= 11 is 0. The lowest BCUT2D eigenvalue weighted by atomic mass is 9.74. The van der Waals surface area contributed by atoms with Gasteiger partial charge in [0.25, 0.3) is 0 Å². The molecular weight excluding hydrogens is 186 g/mol. The molecule has 1 fully saturated rings. The maximum atomic E-state index is 8.80. The van der Waals surface area contributed by atoms with Gasteiger partial charge in [-0.3, -0.25) is 4.98 Å². The predicted molar refractivity (Wildman–Crippen MR) is 56.8 cm³/mol. The fourth-order valence-electron chi connectivity index (χ4n) is 2.42. The molecule has 2 unspecified atom stereocenters. The fourth-order valence-corrected chi connectivity index (χ4v) is 2.42. The van der Waals surface area contributed by atoms with Crippen molar-refractivity contribution in [3.63, 3.8) is 0 Å². The maximum Gasteiger partial charge on any atom is 0.101 e. The quantitative estimate of drug-likeness (QED) is 0.735. The van der Waals surface area contributed by atoms with Crippen molar-refractivity contribution >= 4 is 5.57 Å². The van der Waals surface area contributed by atoms with Gasteiger partial charge in [-0.15, -0.1) is 0 Å². The minimum absolute atomic E-state index is 0.640. The van der Waals surface area contributed by atoms with Crippen molar-refractivity contribution in [1.29, 1.82) is 5.26 Å². The van der Waals surface area contributed by atoms with Crippen LogP contribution in [0.15, 0.2) is 24.5 Å². The Morgan fingerprint density at radius 3 is 3.13 bits per heavy atom. The molecule has 0 amide bonds. The Hall–Kier alpha value is -1.66. The third-order valence-corrected chi connectivity index (χ3v) is 3.25. The van der Waals surface area contributed by atoms with Crippen LogP contribution in [0.25, 0.3) is 5.57 Å². The molecule has 0 bridgehead atoms. The van der Waals surface area contributed by atoms with Gasteiger partial charge < -0.3 is 5.32 Å². The SMILES string of the molecule is N#Cc1cncc(C2=CC3CNCC23)c1. The first-order valence-corrected chi connectivity index (χ1v) is 5.16. The molecule has 2 heterocycles. The lowest BCUT2D eigenvalue weighted by Crippen LogP contribution is -2.22. The summed E-state index contributed by atoms with van der Waals surface area (Å²) in [7, 11) is 0. The summed E-state index contributed by atoms with van der Waals surface area (Å²) in [6, 6.07) is 4.05. The average Bonchev–Trinajstić information content (AvgIpc) is 2.61. The third kappa shape index (κ3) is 1.26. The summed E-state index contributed by atoms with van der Waals surface area (Å²) in [5.41, 5.74) is 3.11. The van der Waals surface area contributed by atoms with Crippen molar-refractivity contribution in [3.8, 4) is 6.07 Å². The van der Waals surface area contributed by atoms with Gasteiger partial charge in [-0.1, -0.05) is 6.08 Å². The molecule has 1 aromatic heterocycles. The Labute approximate surface area is 88.4 Å². The highest BCUT2D eigenvalue weighted by Crippen LogP contribution is 2.42. The molecule has 1 saturated heterocycles. The monoisotopic (exact) mass is 197 g/mol. The van der Waals surface area contributed by atoms with Crippen LogP contribution in [0.4, 0.5) is 0 Å². The Morgan fingerprint density at radius 2 is 2.33 bits per heavy atom. The number of nitrogens with zero attached hydrogens (tertiary/aromatic N) is 2. The molecule has 1 aromatic rings. The molecule has 0 spiro atoms. The number of aromatic nitrogens is 1. The van der Waals surface area contributed by atoms with Crippen LogP contribution in [0.2, 0.25) is 0 Å². The first-order chi connectivity index (χ1) is 7.38. The van der Waals surface area contributed by atoms with Gasteiger partial charge in [0.05, 0.1) is 5.56 Å². The van der Waals surface area contributed by atoms with E-state index in [0.717, 1.165) is 18.7 Å². The molecule has 2 atom stereocenters. The van der Waals surface area contributed by atoms with Crippen molar-refractivity contribution in [2.45, 2.75) is 0 Å². The number of pyridine rings is 1. The number of hydrogen-bond donors (Lipinski definition) is 1. The molecule has 74 valence electrons. The van der Waals surface area contributed by atoms with E-state index < -0.39 is 0 Å². The van der Waals surface area contributed by atoms with E-state index in [4.69, 9.17) is 5.26 Å². The molecule has 2 aliphatic rings. The second kappa shape index (κ2) is 3.18. The Bertz CT molecular complexity index is 470. The number of hydrogen-bond acceptors (Lipinski definition) is 3. The zero-order valence-corrected chi connectivity index (χ0v) is 8.27. The number of nitrogens with one attached hydrogen (secondary N) is 1. The van der Waals surface area contributed by atoms with Crippen LogP contribution >= 0.6 is 0 Å². The van der Waals surface area contributed by atoms with Gasteiger partial charge in [0.2, 0.25) is 0 Å². The Balaban J connectivity index is 1.95. The fraction of sp³-hybridized carbons (Fsp3) is 0.333. The zero-order chi connectivity index (χ0) is 10.3. The van der Waals surface area contributed by atoms with Gasteiger partial charge in [-0.2, -0.15) is 5.26 Å². The summed E-state index contributed by atoms with van der Waals surface area (Å²) in [6.07, 6.45) is 5.75. The lowest BCUT2D eigenvalue weighted by molar-refractivity contribution is 0.564. The largest absolute Gasteiger partial charge is 0.315 e. The van der Waals surface area contributed by atoms with Crippen molar-refractivity contribution in [3.05, 3.63) is 35.7 Å². The van der Waals surface area contributed by atoms with Crippen LogP contribution in [-0.2, 0) is 0 Å². The first kappa shape index (κ1) is 8.63. The molecular formula is C12H11N3. The number of rotatable bonds is 1. The molecule has 0 saturated carbocycles. The van der Waals surface area contributed by atoms with Gasteiger partial charge in [-0.05, 0) is 23.1 Å². The second-order valence-electron chi connectivity index (χ2n) is 4.12. The van der Waals surface area contributed by atoms with Gasteiger partial charge >= 0.3 is 0 Å². The van der Waals surface area contributed by atoms with E-state index in [1.807, 2.05) is 12.3 Å². The molecule has 3 nitrogen and oxygen atoms in total. The van der Waals surface area contributed by atoms with E-state index in [2.05, 4.69) is 22.4 Å². The average molecular weight is 197 g/mol. The smallest absolute Gasteiger partial charge is 0.101 e. The minimum atomic E-state index is 0.640. The number of nitriles is 1. The molecule has 15 heavy (non-hydrogen) atoms. The highest BCUT2D eigenvalue weighted by atomic mass is 14.9. The highest BCUT2D eigenvalue weighted by Gasteiger charge is 2.36. The van der Waals surface area contributed by atoms with E-state index in [1.165, 1.54) is 5.57 Å². The summed E-state index contributed by atoms with van der Waals surface area (Å²) in [4.78, 5) is 4.09. The third-order valence-electron chi connectivity index (χ3n) is 3.25. The van der Waals surface area contributed by atoms with Gasteiger partial charge in [-0.25, -0.2) is 0 Å². The molecule has 1 aliphatic heterocycles. The molecule has 3 rings (SSSR count). The Morgan fingerprint density at radius 1 is 1.40 bits per heavy atom. The maximum absolute atomic E-state index is 8.80. The van der Waals surface area contributed by atoms with Crippen molar-refractivity contribution in [1.82, 2.24) is 10.3 Å². The normalized spacial score (nSPS) is 27.5. The van der Waals surface area contributed by atoms with E-state index in [9.17, 15) is 0 Å². The van der Waals surface area contributed by atoms with E-state index in [1.54, 1.807) is 6.20 Å². The van der Waals surface area contributed by atoms with Crippen LogP contribution in [0.5, 0.6) is 0 Å². The van der Waals surface area contributed by atoms with Crippen LogP contribution < -0.4 is 5.32 Å². The summed E-state index contributed by atoms with van der Waals surface area (Å²) in [5.74, 6) is 1.34. The van der Waals surface area contributed by atoms with Crippen molar-refractivity contribution in [2.75, 3.05) is 13.1 Å². The minimum Gasteiger partial charge on any atom is -0.315 e. The summed E-state index contributed by atoms with van der Waals surface area (Å²) < 4.78 is 0. The molecule has 1 aliphatic carbocycles. The second-order valence-corrected chi connectivity index (χ2v) is 4.12. The van der Waals surface area contributed by atoms with Gasteiger partial charge in [0.15, 0.2) is 0 Å². The zero-order valence-electron chi connectivity index (χ0n) is 8.27. The van der Waals surface area contributed by atoms with Crippen LogP contribution in [0.1, 0.15) is 11.1 Å². The Kier molecular flexibility index (Phi) is 1.83. The lowest BCUT2D eigenvalue weighted by Gasteiger charge is -2.29. The van der Waals surface area contributed by atoms with Crippen LogP contribution in [0, 0.1) is 23.2 Å². The van der Waals surface area contributed by atoms with E-state index in [-0.39, 0.29) is 0 Å². The van der Waals surface area contributed by atoms with Gasteiger partial charge in [0, 0.05) is 31.4 Å². The molecule has 3 heteroatoms. The van der Waals surface area contributed by atoms with Crippen LogP contribution in [0.3, 0.4) is 0 Å². The van der Waals surface area contributed by atoms with Crippen molar-refractivity contribution in [2.24, 2.45) is 11.8 Å². The predicted octanol–water partition coefficient (Wildman–Crippen LogP) is 1.19. The number of fused-ring (bicyclic) bond motifs is 1. The van der Waals surface area contributed by atoms with Crippen LogP contribution in [-0.4, -0.2) is 18.1 Å². The standard InChI is InChI=1S/C12H11N3/c13-3-8-1-9(5-14-4-8)11-2-10-6-15-7-12(10)11/h1-2,4-5,10,12,15H,6-7H2.